The maximum Gasteiger partial charge on any atom is 0.252 e. The normalized spacial score (nSPS) is 15.8. The highest BCUT2D eigenvalue weighted by Crippen LogP contribution is 2.59. The number of para-hydroxylation sites is 2. The fourth-order valence-corrected chi connectivity index (χ4v) is 18.5. The van der Waals surface area contributed by atoms with Crippen molar-refractivity contribution in [3.05, 3.63) is 309 Å². The van der Waals surface area contributed by atoms with Crippen LogP contribution in [0.15, 0.2) is 242 Å². The Labute approximate surface area is 808 Å². The summed E-state index contributed by atoms with van der Waals surface area (Å²) in [5, 5.41) is -0.178. The van der Waals surface area contributed by atoms with Crippen LogP contribution in [-0.2, 0) is 65.0 Å². The molecule has 0 bridgehead atoms. The lowest BCUT2D eigenvalue weighted by atomic mass is 9.33. The summed E-state index contributed by atoms with van der Waals surface area (Å²) in [4.78, 5) is 4.53. The van der Waals surface area contributed by atoms with Gasteiger partial charge in [-0.15, -0.1) is 0 Å². The molecule has 0 aliphatic carbocycles. The van der Waals surface area contributed by atoms with E-state index < -0.39 is 132 Å². The van der Waals surface area contributed by atoms with Crippen LogP contribution in [0.4, 0.5) is 34.1 Å². The summed E-state index contributed by atoms with van der Waals surface area (Å²) in [5.41, 5.74) is 12.6. The number of nitrogens with zero attached hydrogens (tertiary/aromatic N) is 3. The van der Waals surface area contributed by atoms with Gasteiger partial charge < -0.3 is 14.4 Å². The van der Waals surface area contributed by atoms with Crippen molar-refractivity contribution in [2.24, 2.45) is 0 Å². The van der Waals surface area contributed by atoms with Gasteiger partial charge in [-0.3, -0.25) is 0 Å². The summed E-state index contributed by atoms with van der Waals surface area (Å²) >= 11 is 0. The van der Waals surface area contributed by atoms with E-state index >= 15 is 0 Å². The SMILES string of the molecule is [2H]c1c([2H])c(C(C)(C)C)c([2H])c([2H])c1-c1c([2H])c(C(C)(C)C)c([2H])c(-c2c([2H])c(C(C)(C)C)c([2H])c([2H])c2C(C)(C)C)c1N1c2cc(-c3cc(C(C)(C)C)cc(C(C)(C)C)c3)ccc2B2c3ccc(-n4c5c([2H])c([2H])c([2H])c([2H])c5c5c([2H])c([2H])c([2H])c([2H])c54)cc3N(c3c(-c4cc(C(C)(C)C)cc(C(C)(C)C)c4)cc(C(C)(C)C)cc3-c3ccccc3C(C)(C)C)c3cc(-c4cc(C(C)(C)C)cc(C(C)(C)C)c4)cc1c32. The summed E-state index contributed by atoms with van der Waals surface area (Å²) < 4.78 is 180. The van der Waals surface area contributed by atoms with Crippen molar-refractivity contribution >= 4 is 79.0 Å². The highest BCUT2D eigenvalue weighted by molar-refractivity contribution is 7.00. The van der Waals surface area contributed by atoms with E-state index in [9.17, 15) is 23.3 Å². The second-order valence-corrected chi connectivity index (χ2v) is 49.7. The lowest BCUT2D eigenvalue weighted by Crippen LogP contribution is -2.61. The number of hydrogen-bond acceptors (Lipinski definition) is 2. The predicted octanol–water partition coefficient (Wildman–Crippen LogP) is 34.4. The second-order valence-electron chi connectivity index (χ2n) is 49.7. The van der Waals surface area contributed by atoms with Gasteiger partial charge in [0, 0.05) is 61.5 Å². The van der Waals surface area contributed by atoms with Gasteiger partial charge in [0.15, 0.2) is 0 Å². The standard InChI is InChI=1S/C126H148BN3/c1-115(2,3)83-52-49-77(50-53-83)97-72-91(123(25,26)27)75-101(99-71-84(116(4,5)6)54-56-103(99)126(34,35)36)113(97)129-108-65-78(79-59-85(117(7,8)9)68-86(60-79)118(10,11)12)51-57-104(108)127-105-58-55-93(128-106-47-41-38-44-95(106)96-45-39-42-48-107(96)128)76-109(105)130(111-67-81(66-110(129)112(111)127)80-61-87(119(13,14)15)69-88(62-80)120(16,17)18)114-98(82-63-89(121(19,20)21)70-90(64-82)122(22,23)24)73-92(124(28,29)30)74-100(114)94-43-37-40-46-102(94)125(31,32)33/h37-76H,1-36H3/i38D,39D,41D,42D,44D,45D,47D,48D,49D,50D,52D,53D,54D,56D,71D,72D,75D. The van der Waals surface area contributed by atoms with Gasteiger partial charge in [-0.1, -0.05) is 425 Å². The molecule has 670 valence electrons. The van der Waals surface area contributed by atoms with Crippen LogP contribution in [0, 0.1) is 0 Å². The molecule has 3 nitrogen and oxygen atoms in total. The first-order valence-corrected chi connectivity index (χ1v) is 46.9. The predicted molar refractivity (Wildman–Crippen MR) is 572 cm³/mol. The van der Waals surface area contributed by atoms with Crippen molar-refractivity contribution in [3.8, 4) is 72.4 Å². The van der Waals surface area contributed by atoms with Crippen molar-refractivity contribution < 1.29 is 23.3 Å². The highest BCUT2D eigenvalue weighted by atomic mass is 15.2. The van der Waals surface area contributed by atoms with Crippen LogP contribution in [0.25, 0.3) is 94.3 Å². The smallest absolute Gasteiger partial charge is 0.252 e. The Bertz CT molecular complexity index is 7710. The van der Waals surface area contributed by atoms with E-state index in [2.05, 4.69) is 303 Å². The quantitative estimate of drug-likeness (QED) is 0.133. The molecule has 3 heterocycles. The Morgan fingerprint density at radius 1 is 0.231 bits per heavy atom. The minimum Gasteiger partial charge on any atom is -0.310 e. The molecule has 0 spiro atoms. The molecular formula is C126H148BN3. The van der Waals surface area contributed by atoms with Gasteiger partial charge in [0.05, 0.1) is 45.7 Å². The van der Waals surface area contributed by atoms with Crippen LogP contribution in [0.3, 0.4) is 0 Å². The summed E-state index contributed by atoms with van der Waals surface area (Å²) in [5.74, 6) is 0. The lowest BCUT2D eigenvalue weighted by molar-refractivity contribution is 0.568. The number of fused-ring (bicyclic) bond motifs is 7. The van der Waals surface area contributed by atoms with E-state index in [1.165, 1.54) is 0 Å². The summed E-state index contributed by atoms with van der Waals surface area (Å²) in [7, 11) is 0. The van der Waals surface area contributed by atoms with Crippen LogP contribution in [-0.4, -0.2) is 11.3 Å². The largest absolute Gasteiger partial charge is 0.310 e. The Balaban J connectivity index is 1.30. The summed E-state index contributed by atoms with van der Waals surface area (Å²) in [6.07, 6.45) is 0. The first-order valence-electron chi connectivity index (χ1n) is 55.4. The summed E-state index contributed by atoms with van der Waals surface area (Å²) in [6, 6.07) is 44.3. The van der Waals surface area contributed by atoms with E-state index in [-0.39, 0.29) is 120 Å². The number of aromatic nitrogens is 1. The highest BCUT2D eigenvalue weighted by Gasteiger charge is 2.48. The van der Waals surface area contributed by atoms with Crippen LogP contribution in [0.5, 0.6) is 0 Å². The van der Waals surface area contributed by atoms with Gasteiger partial charge in [-0.05, 0) is 259 Å². The number of hydrogen-bond donors (Lipinski definition) is 0. The fraction of sp³-hybridized carbons (Fsp3) is 0.381. The van der Waals surface area contributed by atoms with Gasteiger partial charge in [-0.25, -0.2) is 0 Å². The molecule has 0 amide bonds. The molecule has 0 fully saturated rings. The van der Waals surface area contributed by atoms with Gasteiger partial charge in [0.25, 0.3) is 6.71 Å². The zero-order valence-electron chi connectivity index (χ0n) is 102. The van der Waals surface area contributed by atoms with Crippen molar-refractivity contribution in [2.45, 2.75) is 314 Å². The molecule has 4 heteroatoms. The van der Waals surface area contributed by atoms with E-state index in [0.717, 1.165) is 83.5 Å². The van der Waals surface area contributed by atoms with Crippen molar-refractivity contribution in [3.63, 3.8) is 0 Å². The first kappa shape index (κ1) is 73.0. The van der Waals surface area contributed by atoms with E-state index in [1.807, 2.05) is 95.2 Å². The van der Waals surface area contributed by atoms with Crippen molar-refractivity contribution in [1.82, 2.24) is 4.57 Å². The van der Waals surface area contributed by atoms with Crippen molar-refractivity contribution in [2.75, 3.05) is 9.80 Å². The van der Waals surface area contributed by atoms with Gasteiger partial charge in [-0.2, -0.15) is 0 Å². The zero-order valence-corrected chi connectivity index (χ0v) is 84.7. The van der Waals surface area contributed by atoms with E-state index in [1.54, 1.807) is 4.57 Å². The summed E-state index contributed by atoms with van der Waals surface area (Å²) in [6.45, 7) is 75.6. The van der Waals surface area contributed by atoms with Crippen LogP contribution >= 0.6 is 0 Å². The molecule has 2 aliphatic rings. The molecule has 0 radical (unpaired) electrons. The third kappa shape index (κ3) is 17.3. The minimum absolute atomic E-state index is 0.0593. The molecular weight excluding hydrogens is 1570 g/mol. The Morgan fingerprint density at radius 3 is 1.05 bits per heavy atom. The zero-order chi connectivity index (χ0) is 109. The molecule has 0 saturated carbocycles. The van der Waals surface area contributed by atoms with Crippen LogP contribution in [0.1, 0.15) is 339 Å². The van der Waals surface area contributed by atoms with Crippen LogP contribution in [0.2, 0.25) is 0 Å². The number of anilines is 6. The molecule has 130 heavy (non-hydrogen) atoms. The molecule has 14 aromatic rings. The van der Waals surface area contributed by atoms with Gasteiger partial charge in [0.2, 0.25) is 0 Å². The Kier molecular flexibility index (Phi) is 17.7. The maximum absolute atomic E-state index is 12.0. The molecule has 13 aromatic carbocycles. The van der Waals surface area contributed by atoms with Crippen molar-refractivity contribution in [1.29, 1.82) is 0 Å². The maximum atomic E-state index is 12.0. The van der Waals surface area contributed by atoms with Gasteiger partial charge >= 0.3 is 0 Å². The third-order valence-electron chi connectivity index (χ3n) is 26.7. The van der Waals surface area contributed by atoms with Gasteiger partial charge in [0.1, 0.15) is 0 Å². The molecule has 16 rings (SSSR count). The van der Waals surface area contributed by atoms with E-state index in [0.29, 0.717) is 50.4 Å². The molecule has 1 aromatic heterocycles. The molecule has 2 aliphatic heterocycles. The molecule has 0 saturated heterocycles. The average molecular weight is 1730 g/mol. The fourth-order valence-electron chi connectivity index (χ4n) is 18.5. The van der Waals surface area contributed by atoms with Crippen LogP contribution < -0.4 is 26.2 Å². The third-order valence-corrected chi connectivity index (χ3v) is 26.7. The molecule has 0 unspecified atom stereocenters. The Hall–Kier alpha value is -10.7. The Morgan fingerprint density at radius 2 is 0.592 bits per heavy atom. The molecule has 0 N–H and O–H groups in total. The minimum atomic E-state index is -1.16. The topological polar surface area (TPSA) is 11.4 Å². The molecule has 0 atom stereocenters. The van der Waals surface area contributed by atoms with E-state index in [4.69, 9.17) is 0 Å². The lowest BCUT2D eigenvalue weighted by Gasteiger charge is -2.46. The number of benzene rings is 13. The number of rotatable bonds is 9. The second kappa shape index (κ2) is 31.5. The first-order chi connectivity index (χ1) is 67.1. The average Bonchev–Trinajstić information content (AvgIpc) is 1.12. The monoisotopic (exact) mass is 1730 g/mol.